The molecular weight excluding hydrogens is 1160 g/mol. The number of carbonyl (C=O) groups excluding carboxylic acids is 2. The first-order chi connectivity index (χ1) is 45.0. The van der Waals surface area contributed by atoms with E-state index in [2.05, 4.69) is 98.9 Å². The molecule has 0 bridgehead atoms. The Kier molecular flexibility index (Phi) is 70.2. The van der Waals surface area contributed by atoms with Crippen molar-refractivity contribution in [1.29, 1.82) is 0 Å². The van der Waals surface area contributed by atoms with Gasteiger partial charge < -0.3 is 27.9 Å². The van der Waals surface area contributed by atoms with Crippen LogP contribution >= 0.6 is 7.82 Å². The highest BCUT2D eigenvalue weighted by Crippen LogP contribution is 2.38. The zero-order chi connectivity index (χ0) is 66.9. The van der Waals surface area contributed by atoms with E-state index in [4.69, 9.17) is 18.5 Å². The Morgan fingerprint density at radius 3 is 0.924 bits per heavy atom. The lowest BCUT2D eigenvalue weighted by Crippen LogP contribution is -2.37. The minimum absolute atomic E-state index is 0.0338. The number of carbonyl (C=O) groups is 2. The number of quaternary nitrogens is 1. The Morgan fingerprint density at radius 2 is 0.620 bits per heavy atom. The molecule has 0 aliphatic carbocycles. The van der Waals surface area contributed by atoms with E-state index >= 15 is 0 Å². The van der Waals surface area contributed by atoms with Crippen LogP contribution in [0, 0.1) is 0 Å². The molecule has 2 atom stereocenters. The molecule has 0 rings (SSSR count). The summed E-state index contributed by atoms with van der Waals surface area (Å²) in [6.07, 6.45) is 99.9. The average molecular weight is 1310 g/mol. The number of likely N-dealkylation sites (N-methyl/N-ethyl adjacent to an activating group) is 1. The molecule has 0 aliphatic rings. The van der Waals surface area contributed by atoms with Crippen molar-refractivity contribution in [2.75, 3.05) is 47.5 Å². The highest BCUT2D eigenvalue weighted by Gasteiger charge is 2.22. The third-order valence-corrected chi connectivity index (χ3v) is 18.4. The molecule has 0 aromatic carbocycles. The van der Waals surface area contributed by atoms with Crippen LogP contribution in [0.4, 0.5) is 0 Å². The highest BCUT2D eigenvalue weighted by atomic mass is 31.2. The highest BCUT2D eigenvalue weighted by molar-refractivity contribution is 7.45. The predicted octanol–water partition coefficient (Wildman–Crippen LogP) is 25.4. The van der Waals surface area contributed by atoms with Crippen LogP contribution in [0.1, 0.15) is 373 Å². The Hall–Kier alpha value is -2.81. The SMILES string of the molecule is CC/C=C\C/C=C\C/C=C\C/C=C\C/C=C\C/C=C\C/C=C\CCCCCCCCCCCC(=O)OC(COC(=O)CCCCCCCCCCCCCCCCCCCCCCCCCCCCCCCCCCCCCCC)COP(=O)([O-])OCC[N+](C)(C)C. The van der Waals surface area contributed by atoms with Crippen LogP contribution in [0.3, 0.4) is 0 Å². The van der Waals surface area contributed by atoms with E-state index in [1.54, 1.807) is 0 Å². The fraction of sp³-hybridized carbons (Fsp3) is 0.805. The van der Waals surface area contributed by atoms with E-state index in [0.29, 0.717) is 17.4 Å². The van der Waals surface area contributed by atoms with Crippen LogP contribution in [0.5, 0.6) is 0 Å². The van der Waals surface area contributed by atoms with Crippen LogP contribution in [0.25, 0.3) is 0 Å². The van der Waals surface area contributed by atoms with Crippen molar-refractivity contribution < 1.29 is 42.1 Å². The first-order valence-corrected chi connectivity index (χ1v) is 40.8. The summed E-state index contributed by atoms with van der Waals surface area (Å²) in [6.45, 7) is 4.17. The van der Waals surface area contributed by atoms with Gasteiger partial charge in [0.05, 0.1) is 27.7 Å². The van der Waals surface area contributed by atoms with Crippen molar-refractivity contribution in [2.45, 2.75) is 380 Å². The van der Waals surface area contributed by atoms with Crippen LogP contribution in [0.2, 0.25) is 0 Å². The van der Waals surface area contributed by atoms with Gasteiger partial charge in [-0.1, -0.05) is 375 Å². The van der Waals surface area contributed by atoms with Crippen LogP contribution < -0.4 is 4.89 Å². The molecule has 0 radical (unpaired) electrons. The molecule has 0 aromatic rings. The molecule has 0 heterocycles. The smallest absolute Gasteiger partial charge is 0.306 e. The van der Waals surface area contributed by atoms with Crippen LogP contribution in [-0.4, -0.2) is 70.0 Å². The summed E-state index contributed by atoms with van der Waals surface area (Å²) in [4.78, 5) is 38.2. The van der Waals surface area contributed by atoms with Gasteiger partial charge in [-0.05, 0) is 70.6 Å². The third-order valence-electron chi connectivity index (χ3n) is 17.4. The van der Waals surface area contributed by atoms with Gasteiger partial charge in [-0.2, -0.15) is 0 Å². The molecule has 0 spiro atoms. The summed E-state index contributed by atoms with van der Waals surface area (Å²) in [6, 6.07) is 0. The number of allylic oxidation sites excluding steroid dienone is 14. The van der Waals surface area contributed by atoms with E-state index in [-0.39, 0.29) is 32.0 Å². The van der Waals surface area contributed by atoms with E-state index in [0.717, 1.165) is 89.9 Å². The van der Waals surface area contributed by atoms with Gasteiger partial charge in [0.15, 0.2) is 6.10 Å². The normalized spacial score (nSPS) is 13.5. The van der Waals surface area contributed by atoms with Crippen molar-refractivity contribution in [3.63, 3.8) is 0 Å². The number of hydrogen-bond donors (Lipinski definition) is 0. The minimum atomic E-state index is -4.65. The number of ether oxygens (including phenoxy) is 2. The molecular formula is C82H150NO8P. The molecule has 0 N–H and O–H groups in total. The number of phosphoric acid groups is 1. The van der Waals surface area contributed by atoms with Crippen molar-refractivity contribution in [3.8, 4) is 0 Å². The number of rotatable bonds is 73. The quantitative estimate of drug-likeness (QED) is 0.0195. The molecule has 0 fully saturated rings. The first-order valence-electron chi connectivity index (χ1n) is 39.3. The van der Waals surface area contributed by atoms with E-state index in [9.17, 15) is 19.0 Å². The lowest BCUT2D eigenvalue weighted by Gasteiger charge is -2.28. The predicted molar refractivity (Wildman–Crippen MR) is 397 cm³/mol. The monoisotopic (exact) mass is 1310 g/mol. The average Bonchev–Trinajstić information content (AvgIpc) is 2.14. The largest absolute Gasteiger partial charge is 0.756 e. The Balaban J connectivity index is 3.96. The zero-order valence-corrected chi connectivity index (χ0v) is 62.1. The summed E-state index contributed by atoms with van der Waals surface area (Å²) in [5, 5.41) is 0. The maximum atomic E-state index is 12.9. The third kappa shape index (κ3) is 76.2. The van der Waals surface area contributed by atoms with Gasteiger partial charge in [0.25, 0.3) is 7.82 Å². The second-order valence-electron chi connectivity index (χ2n) is 27.7. The Labute approximate surface area is 571 Å². The molecule has 92 heavy (non-hydrogen) atoms. The standard InChI is InChI=1S/C82H150NO8P/c1-6-8-10-12-14-16-18-20-22-24-26-28-30-32-34-36-38-39-40-41-42-43-45-46-48-50-52-54-56-58-60-62-64-66-68-70-72-74-81(84)88-78-80(79-90-92(86,87)89-77-76-83(3,4)5)91-82(85)75-73-71-69-67-65-63-61-59-57-55-53-51-49-47-44-37-35-33-31-29-27-25-23-21-19-17-15-13-11-9-7-2/h9,11,15,17,21,23,27,29,33,35,44,47,51,53,80H,6-8,10,12-14,16,18-20,22,24-26,28,30-32,34,36-43,45-46,48-50,52,54-79H2,1-5H3/b11-9-,17-15-,23-21-,29-27-,35-33-,47-44-,53-51-. The summed E-state index contributed by atoms with van der Waals surface area (Å²) >= 11 is 0. The molecule has 0 aromatic heterocycles. The molecule has 0 amide bonds. The lowest BCUT2D eigenvalue weighted by molar-refractivity contribution is -0.870. The number of hydrogen-bond acceptors (Lipinski definition) is 8. The Bertz CT molecular complexity index is 1830. The molecule has 0 saturated heterocycles. The fourth-order valence-corrected chi connectivity index (χ4v) is 12.2. The van der Waals surface area contributed by atoms with Gasteiger partial charge in [0.1, 0.15) is 19.8 Å². The number of phosphoric ester groups is 1. The van der Waals surface area contributed by atoms with E-state index < -0.39 is 26.5 Å². The Morgan fingerprint density at radius 1 is 0.348 bits per heavy atom. The van der Waals surface area contributed by atoms with Crippen molar-refractivity contribution in [2.24, 2.45) is 0 Å². The summed E-state index contributed by atoms with van der Waals surface area (Å²) in [5.41, 5.74) is 0. The summed E-state index contributed by atoms with van der Waals surface area (Å²) in [5.74, 6) is -0.828. The molecule has 10 heteroatoms. The zero-order valence-electron chi connectivity index (χ0n) is 61.2. The van der Waals surface area contributed by atoms with Crippen molar-refractivity contribution in [3.05, 3.63) is 85.1 Å². The van der Waals surface area contributed by atoms with Gasteiger partial charge in [0.2, 0.25) is 0 Å². The fourth-order valence-electron chi connectivity index (χ4n) is 11.5. The van der Waals surface area contributed by atoms with Gasteiger partial charge in [-0.3, -0.25) is 14.2 Å². The molecule has 2 unspecified atom stereocenters. The van der Waals surface area contributed by atoms with Gasteiger partial charge in [0, 0.05) is 12.8 Å². The van der Waals surface area contributed by atoms with Crippen molar-refractivity contribution >= 4 is 19.8 Å². The molecule has 0 aliphatic heterocycles. The molecule has 0 saturated carbocycles. The van der Waals surface area contributed by atoms with Gasteiger partial charge in [-0.25, -0.2) is 0 Å². The second kappa shape index (κ2) is 72.5. The summed E-state index contributed by atoms with van der Waals surface area (Å²) in [7, 11) is 1.17. The topological polar surface area (TPSA) is 111 Å². The maximum Gasteiger partial charge on any atom is 0.306 e. The van der Waals surface area contributed by atoms with Gasteiger partial charge in [-0.15, -0.1) is 0 Å². The second-order valence-corrected chi connectivity index (χ2v) is 29.1. The number of esters is 2. The molecule has 536 valence electrons. The van der Waals surface area contributed by atoms with Crippen molar-refractivity contribution in [1.82, 2.24) is 0 Å². The lowest BCUT2D eigenvalue weighted by atomic mass is 10.0. The minimum Gasteiger partial charge on any atom is -0.756 e. The van der Waals surface area contributed by atoms with Crippen LogP contribution in [0.15, 0.2) is 85.1 Å². The first kappa shape index (κ1) is 89.2. The van der Waals surface area contributed by atoms with Crippen LogP contribution in [-0.2, 0) is 32.7 Å². The maximum absolute atomic E-state index is 12.9. The van der Waals surface area contributed by atoms with Gasteiger partial charge >= 0.3 is 11.9 Å². The summed E-state index contributed by atoms with van der Waals surface area (Å²) < 4.78 is 34.4. The van der Waals surface area contributed by atoms with E-state index in [1.807, 2.05) is 21.1 Å². The number of nitrogens with zero attached hydrogens (tertiary/aromatic N) is 1. The number of unbranched alkanes of at least 4 members (excludes halogenated alkanes) is 45. The molecule has 9 nitrogen and oxygen atoms in total. The van der Waals surface area contributed by atoms with E-state index in [1.165, 1.54) is 250 Å².